The van der Waals surface area contributed by atoms with Gasteiger partial charge in [-0.1, -0.05) is 0 Å². The van der Waals surface area contributed by atoms with Crippen molar-refractivity contribution < 1.29 is 19.1 Å². The lowest BCUT2D eigenvalue weighted by Gasteiger charge is -2.27. The molecule has 0 saturated carbocycles. The van der Waals surface area contributed by atoms with Gasteiger partial charge in [0.15, 0.2) is 0 Å². The number of amides is 2. The summed E-state index contributed by atoms with van der Waals surface area (Å²) in [5.41, 5.74) is 1.04. The molecule has 0 aliphatic carbocycles. The summed E-state index contributed by atoms with van der Waals surface area (Å²) in [6.45, 7) is 4.08. The Morgan fingerprint density at radius 3 is 2.38 bits per heavy atom. The molecule has 0 aliphatic heterocycles. The van der Waals surface area contributed by atoms with Gasteiger partial charge in [-0.2, -0.15) is 0 Å². The molecule has 0 spiro atoms. The van der Waals surface area contributed by atoms with Crippen LogP contribution in [-0.2, 0) is 32.7 Å². The van der Waals surface area contributed by atoms with Crippen molar-refractivity contribution in [2.24, 2.45) is 7.05 Å². The van der Waals surface area contributed by atoms with Gasteiger partial charge in [0.1, 0.15) is 0 Å². The summed E-state index contributed by atoms with van der Waals surface area (Å²) >= 11 is 0. The van der Waals surface area contributed by atoms with Gasteiger partial charge >= 0.3 is 0 Å². The quantitative estimate of drug-likeness (QED) is 0.562. The number of nitrogens with zero attached hydrogens (tertiary/aromatic N) is 3. The molecule has 0 bridgehead atoms. The van der Waals surface area contributed by atoms with Crippen molar-refractivity contribution in [3.63, 3.8) is 0 Å². The van der Waals surface area contributed by atoms with E-state index in [1.807, 2.05) is 29.9 Å². The molecule has 7 heteroatoms. The van der Waals surface area contributed by atoms with Crippen LogP contribution in [-0.4, -0.2) is 73.2 Å². The highest BCUT2D eigenvalue weighted by molar-refractivity contribution is 5.83. The topological polar surface area (TPSA) is 64.0 Å². The van der Waals surface area contributed by atoms with Crippen molar-refractivity contribution in [3.05, 3.63) is 24.0 Å². The van der Waals surface area contributed by atoms with Crippen molar-refractivity contribution in [1.29, 1.82) is 0 Å². The van der Waals surface area contributed by atoms with Crippen molar-refractivity contribution in [1.82, 2.24) is 14.4 Å². The largest absolute Gasteiger partial charge is 0.385 e. The highest BCUT2D eigenvalue weighted by Crippen LogP contribution is 2.07. The Kier molecular flexibility index (Phi) is 9.11. The summed E-state index contributed by atoms with van der Waals surface area (Å²) in [6.07, 6.45) is 2.65. The summed E-state index contributed by atoms with van der Waals surface area (Å²) in [7, 11) is 5.17. The number of ether oxygens (including phenoxy) is 2. The van der Waals surface area contributed by atoms with Gasteiger partial charge in [-0.05, 0) is 18.6 Å². The molecular weight excluding hydrogens is 310 g/mol. The lowest BCUT2D eigenvalue weighted by molar-refractivity contribution is -0.140. The molecule has 0 saturated heterocycles. The first-order chi connectivity index (χ1) is 11.5. The van der Waals surface area contributed by atoms with Crippen LogP contribution in [0.15, 0.2) is 18.3 Å². The van der Waals surface area contributed by atoms with Gasteiger partial charge in [0.2, 0.25) is 11.8 Å². The average molecular weight is 339 g/mol. The molecule has 0 unspecified atom stereocenters. The molecule has 1 aromatic rings. The zero-order valence-corrected chi connectivity index (χ0v) is 15.2. The number of rotatable bonds is 11. The number of aryl methyl sites for hydroxylation is 1. The number of hydrogen-bond acceptors (Lipinski definition) is 4. The van der Waals surface area contributed by atoms with Crippen LogP contribution >= 0.6 is 0 Å². The van der Waals surface area contributed by atoms with E-state index in [9.17, 15) is 9.59 Å². The van der Waals surface area contributed by atoms with Crippen LogP contribution in [0.1, 0.15) is 19.0 Å². The van der Waals surface area contributed by atoms with Crippen LogP contribution in [0.25, 0.3) is 0 Å². The molecule has 0 fully saturated rings. The maximum Gasteiger partial charge on any atom is 0.242 e. The molecule has 0 radical (unpaired) electrons. The maximum atomic E-state index is 12.7. The third-order valence-corrected chi connectivity index (χ3v) is 3.87. The minimum absolute atomic E-state index is 0.0766. The van der Waals surface area contributed by atoms with E-state index in [1.54, 1.807) is 24.0 Å². The molecule has 24 heavy (non-hydrogen) atoms. The molecule has 0 aromatic carbocycles. The van der Waals surface area contributed by atoms with E-state index in [1.165, 1.54) is 6.92 Å². The first-order valence-corrected chi connectivity index (χ1v) is 8.11. The number of hydrogen-bond donors (Lipinski definition) is 0. The first kappa shape index (κ1) is 20.2. The summed E-state index contributed by atoms with van der Waals surface area (Å²) in [5.74, 6) is -0.189. The number of carbonyl (C=O) groups excluding carboxylic acids is 2. The Hall–Kier alpha value is -1.86. The van der Waals surface area contributed by atoms with Crippen LogP contribution in [0.2, 0.25) is 0 Å². The van der Waals surface area contributed by atoms with E-state index in [-0.39, 0.29) is 18.4 Å². The Bertz CT molecular complexity index is 516. The Morgan fingerprint density at radius 2 is 1.83 bits per heavy atom. The monoisotopic (exact) mass is 339 g/mol. The molecule has 2 amide bonds. The summed E-state index contributed by atoms with van der Waals surface area (Å²) < 4.78 is 12.1. The van der Waals surface area contributed by atoms with E-state index >= 15 is 0 Å². The fourth-order valence-electron chi connectivity index (χ4n) is 2.36. The zero-order valence-electron chi connectivity index (χ0n) is 15.2. The second-order valence-electron chi connectivity index (χ2n) is 5.71. The van der Waals surface area contributed by atoms with Gasteiger partial charge in [-0.3, -0.25) is 9.59 Å². The highest BCUT2D eigenvalue weighted by atomic mass is 16.5. The van der Waals surface area contributed by atoms with Crippen LogP contribution < -0.4 is 0 Å². The molecule has 0 N–H and O–H groups in total. The van der Waals surface area contributed by atoms with Crippen LogP contribution in [0.3, 0.4) is 0 Å². The Labute approximate surface area is 144 Å². The van der Waals surface area contributed by atoms with E-state index in [2.05, 4.69) is 0 Å². The molecular formula is C17H29N3O4. The second kappa shape index (κ2) is 10.8. The maximum absolute atomic E-state index is 12.7. The molecule has 1 rings (SSSR count). The van der Waals surface area contributed by atoms with E-state index in [4.69, 9.17) is 9.47 Å². The van der Waals surface area contributed by atoms with Crippen molar-refractivity contribution in [2.45, 2.75) is 19.9 Å². The Morgan fingerprint density at radius 1 is 1.12 bits per heavy atom. The first-order valence-electron chi connectivity index (χ1n) is 8.11. The second-order valence-corrected chi connectivity index (χ2v) is 5.71. The lowest BCUT2D eigenvalue weighted by Crippen LogP contribution is -2.43. The van der Waals surface area contributed by atoms with Crippen molar-refractivity contribution in [3.8, 4) is 0 Å². The number of methoxy groups -OCH3 is 2. The standard InChI is InChI=1S/C17H29N3O4/c1-15(21)19(9-6-11-23-3)14-17(22)20(10-12-24-4)13-16-7-5-8-18(16)2/h5,7-8H,6,9-14H2,1-4H3. The molecule has 0 aliphatic rings. The van der Waals surface area contributed by atoms with Gasteiger partial charge in [0.05, 0.1) is 19.7 Å². The molecule has 1 aromatic heterocycles. The predicted octanol–water partition coefficient (Wildman–Crippen LogP) is 0.885. The van der Waals surface area contributed by atoms with Crippen LogP contribution in [0.5, 0.6) is 0 Å². The average Bonchev–Trinajstić information content (AvgIpc) is 2.95. The van der Waals surface area contributed by atoms with Gasteiger partial charge in [-0.25, -0.2) is 0 Å². The summed E-state index contributed by atoms with van der Waals surface area (Å²) in [4.78, 5) is 27.7. The van der Waals surface area contributed by atoms with Crippen molar-refractivity contribution in [2.75, 3.05) is 47.1 Å². The molecule has 136 valence electrons. The van der Waals surface area contributed by atoms with Gasteiger partial charge in [0, 0.05) is 59.8 Å². The van der Waals surface area contributed by atoms with E-state index in [0.29, 0.717) is 39.3 Å². The SMILES string of the molecule is COCCCN(CC(=O)N(CCOC)Cc1cccn1C)C(C)=O. The van der Waals surface area contributed by atoms with E-state index in [0.717, 1.165) is 5.69 Å². The third-order valence-electron chi connectivity index (χ3n) is 3.87. The zero-order chi connectivity index (χ0) is 17.9. The van der Waals surface area contributed by atoms with Crippen LogP contribution in [0, 0.1) is 0 Å². The van der Waals surface area contributed by atoms with Gasteiger partial charge in [0.25, 0.3) is 0 Å². The van der Waals surface area contributed by atoms with Gasteiger partial charge < -0.3 is 23.8 Å². The molecule has 0 atom stereocenters. The summed E-state index contributed by atoms with van der Waals surface area (Å²) in [5, 5.41) is 0. The Balaban J connectivity index is 2.70. The van der Waals surface area contributed by atoms with Gasteiger partial charge in [-0.15, -0.1) is 0 Å². The normalized spacial score (nSPS) is 10.7. The predicted molar refractivity (Wildman–Crippen MR) is 91.5 cm³/mol. The highest BCUT2D eigenvalue weighted by Gasteiger charge is 2.20. The molecule has 7 nitrogen and oxygen atoms in total. The van der Waals surface area contributed by atoms with E-state index < -0.39 is 0 Å². The fraction of sp³-hybridized carbons (Fsp3) is 0.647. The number of carbonyl (C=O) groups is 2. The minimum Gasteiger partial charge on any atom is -0.385 e. The third kappa shape index (κ3) is 6.72. The minimum atomic E-state index is -0.106. The smallest absolute Gasteiger partial charge is 0.242 e. The number of aromatic nitrogens is 1. The fourth-order valence-corrected chi connectivity index (χ4v) is 2.36. The van der Waals surface area contributed by atoms with Crippen molar-refractivity contribution >= 4 is 11.8 Å². The summed E-state index contributed by atoms with van der Waals surface area (Å²) in [6, 6.07) is 3.93. The lowest BCUT2D eigenvalue weighted by atomic mass is 10.3. The molecule has 1 heterocycles. The van der Waals surface area contributed by atoms with Crippen LogP contribution in [0.4, 0.5) is 0 Å².